The summed E-state index contributed by atoms with van der Waals surface area (Å²) in [4.78, 5) is 15.9. The fourth-order valence-corrected chi connectivity index (χ4v) is 3.04. The van der Waals surface area contributed by atoms with Crippen molar-refractivity contribution in [1.82, 2.24) is 14.9 Å². The Morgan fingerprint density at radius 3 is 3.00 bits per heavy atom. The molecule has 6 heteroatoms. The van der Waals surface area contributed by atoms with Gasteiger partial charge in [0.1, 0.15) is 11.3 Å². The molecule has 1 amide bonds. The van der Waals surface area contributed by atoms with E-state index in [4.69, 9.17) is 23.2 Å². The summed E-state index contributed by atoms with van der Waals surface area (Å²) in [5.41, 5.74) is 1.72. The molecule has 1 aliphatic heterocycles. The first kappa shape index (κ1) is 13.7. The van der Waals surface area contributed by atoms with Crippen molar-refractivity contribution in [2.24, 2.45) is 0 Å². The van der Waals surface area contributed by atoms with Crippen LogP contribution >= 0.6 is 23.2 Å². The minimum atomic E-state index is -0.212. The molecule has 1 N–H and O–H groups in total. The Bertz CT molecular complexity index is 666. The lowest BCUT2D eigenvalue weighted by molar-refractivity contribution is -0.119. The number of alkyl halides is 1. The van der Waals surface area contributed by atoms with Gasteiger partial charge in [-0.1, -0.05) is 17.7 Å². The zero-order valence-corrected chi connectivity index (χ0v) is 12.6. The van der Waals surface area contributed by atoms with Gasteiger partial charge in [-0.05, 0) is 25.5 Å². The van der Waals surface area contributed by atoms with Gasteiger partial charge in [0.05, 0.1) is 15.9 Å². The SMILES string of the molecule is CC(Cl)c1nc2c(Cl)cccc2n1CC1CCC(=O)N1. The molecule has 0 bridgehead atoms. The van der Waals surface area contributed by atoms with Crippen molar-refractivity contribution in [3.05, 3.63) is 29.0 Å². The van der Waals surface area contributed by atoms with E-state index in [1.165, 1.54) is 0 Å². The predicted octanol–water partition coefficient (Wildman–Crippen LogP) is 3.27. The number of aromatic nitrogens is 2. The van der Waals surface area contributed by atoms with E-state index in [0.29, 0.717) is 18.0 Å². The molecule has 20 heavy (non-hydrogen) atoms. The van der Waals surface area contributed by atoms with E-state index in [2.05, 4.69) is 14.9 Å². The van der Waals surface area contributed by atoms with Gasteiger partial charge >= 0.3 is 0 Å². The van der Waals surface area contributed by atoms with Crippen LogP contribution in [0.3, 0.4) is 0 Å². The summed E-state index contributed by atoms with van der Waals surface area (Å²) in [6.07, 6.45) is 1.43. The number of para-hydroxylation sites is 1. The lowest BCUT2D eigenvalue weighted by Gasteiger charge is -2.15. The minimum Gasteiger partial charge on any atom is -0.352 e. The Hall–Kier alpha value is -1.26. The molecular formula is C14H15Cl2N3O. The normalized spacial score (nSPS) is 20.4. The summed E-state index contributed by atoms with van der Waals surface area (Å²) in [6, 6.07) is 5.83. The summed E-state index contributed by atoms with van der Waals surface area (Å²) in [5.74, 6) is 0.897. The molecule has 1 aliphatic rings. The first-order valence-electron chi connectivity index (χ1n) is 6.64. The van der Waals surface area contributed by atoms with Crippen molar-refractivity contribution in [2.45, 2.75) is 37.7 Å². The smallest absolute Gasteiger partial charge is 0.220 e. The van der Waals surface area contributed by atoms with E-state index in [1.807, 2.05) is 25.1 Å². The van der Waals surface area contributed by atoms with Crippen molar-refractivity contribution in [3.8, 4) is 0 Å². The van der Waals surface area contributed by atoms with Gasteiger partial charge < -0.3 is 9.88 Å². The maximum atomic E-state index is 11.3. The first-order chi connectivity index (χ1) is 9.56. The lowest BCUT2D eigenvalue weighted by Crippen LogP contribution is -2.30. The van der Waals surface area contributed by atoms with E-state index in [1.54, 1.807) is 0 Å². The van der Waals surface area contributed by atoms with Crippen molar-refractivity contribution in [3.63, 3.8) is 0 Å². The van der Waals surface area contributed by atoms with E-state index in [0.717, 1.165) is 23.3 Å². The molecular weight excluding hydrogens is 297 g/mol. The maximum Gasteiger partial charge on any atom is 0.220 e. The van der Waals surface area contributed by atoms with E-state index in [-0.39, 0.29) is 17.3 Å². The fourth-order valence-electron chi connectivity index (χ4n) is 2.66. The van der Waals surface area contributed by atoms with Crippen LogP contribution in [0.5, 0.6) is 0 Å². The van der Waals surface area contributed by atoms with Gasteiger partial charge in [-0.25, -0.2) is 4.98 Å². The Labute approximate surface area is 127 Å². The second kappa shape index (κ2) is 5.26. The van der Waals surface area contributed by atoms with Crippen LogP contribution in [0.15, 0.2) is 18.2 Å². The Balaban J connectivity index is 2.05. The molecule has 2 atom stereocenters. The quantitative estimate of drug-likeness (QED) is 0.884. The number of hydrogen-bond acceptors (Lipinski definition) is 2. The molecule has 0 radical (unpaired) electrons. The average Bonchev–Trinajstić information content (AvgIpc) is 2.96. The van der Waals surface area contributed by atoms with Crippen LogP contribution in [-0.2, 0) is 11.3 Å². The number of carbonyl (C=O) groups is 1. The summed E-state index contributed by atoms with van der Waals surface area (Å²) in [5, 5.41) is 3.38. The van der Waals surface area contributed by atoms with Gasteiger partial charge in [-0.3, -0.25) is 4.79 Å². The molecule has 1 aromatic heterocycles. The molecule has 2 unspecified atom stereocenters. The lowest BCUT2D eigenvalue weighted by atomic mass is 10.2. The largest absolute Gasteiger partial charge is 0.352 e. The number of amides is 1. The summed E-state index contributed by atoms with van der Waals surface area (Å²) in [6.45, 7) is 2.56. The maximum absolute atomic E-state index is 11.3. The Kier molecular flexibility index (Phi) is 3.61. The highest BCUT2D eigenvalue weighted by Gasteiger charge is 2.24. The molecule has 0 spiro atoms. The van der Waals surface area contributed by atoms with Gasteiger partial charge in [0, 0.05) is 19.0 Å². The average molecular weight is 312 g/mol. The topological polar surface area (TPSA) is 46.9 Å². The van der Waals surface area contributed by atoms with Crippen LogP contribution in [-0.4, -0.2) is 21.5 Å². The minimum absolute atomic E-state index is 0.109. The molecule has 0 saturated carbocycles. The molecule has 2 heterocycles. The van der Waals surface area contributed by atoms with E-state index >= 15 is 0 Å². The van der Waals surface area contributed by atoms with Gasteiger partial charge in [0.15, 0.2) is 0 Å². The van der Waals surface area contributed by atoms with Gasteiger partial charge in [0.25, 0.3) is 0 Å². The number of halogens is 2. The number of nitrogens with one attached hydrogen (secondary N) is 1. The molecule has 1 aromatic carbocycles. The second-order valence-corrected chi connectivity index (χ2v) is 6.17. The first-order valence-corrected chi connectivity index (χ1v) is 7.46. The summed E-state index contributed by atoms with van der Waals surface area (Å²) in [7, 11) is 0. The zero-order valence-electron chi connectivity index (χ0n) is 11.1. The van der Waals surface area contributed by atoms with E-state index < -0.39 is 0 Å². The van der Waals surface area contributed by atoms with Crippen LogP contribution in [0, 0.1) is 0 Å². The molecule has 1 fully saturated rings. The number of imidazole rings is 1. The highest BCUT2D eigenvalue weighted by molar-refractivity contribution is 6.35. The Morgan fingerprint density at radius 2 is 2.35 bits per heavy atom. The highest BCUT2D eigenvalue weighted by Crippen LogP contribution is 2.29. The number of carbonyl (C=O) groups excluding carboxylic acids is 1. The number of nitrogens with zero attached hydrogens (tertiary/aromatic N) is 2. The molecule has 2 aromatic rings. The van der Waals surface area contributed by atoms with Gasteiger partial charge in [-0.15, -0.1) is 11.6 Å². The second-order valence-electron chi connectivity index (χ2n) is 5.11. The van der Waals surface area contributed by atoms with Crippen molar-refractivity contribution < 1.29 is 4.79 Å². The van der Waals surface area contributed by atoms with Crippen molar-refractivity contribution >= 4 is 40.1 Å². The monoisotopic (exact) mass is 311 g/mol. The van der Waals surface area contributed by atoms with Crippen molar-refractivity contribution in [1.29, 1.82) is 0 Å². The van der Waals surface area contributed by atoms with E-state index in [9.17, 15) is 4.79 Å². The number of benzene rings is 1. The number of fused-ring (bicyclic) bond motifs is 1. The van der Waals surface area contributed by atoms with Crippen LogP contribution in [0.1, 0.15) is 31.0 Å². The van der Waals surface area contributed by atoms with Crippen LogP contribution < -0.4 is 5.32 Å². The standard InChI is InChI=1S/C14H15Cl2N3O/c1-8(15)14-18-13-10(16)3-2-4-11(13)19(14)7-9-5-6-12(20)17-9/h2-4,8-9H,5-7H2,1H3,(H,17,20). The molecule has 106 valence electrons. The zero-order chi connectivity index (χ0) is 14.3. The van der Waals surface area contributed by atoms with Crippen LogP contribution in [0.25, 0.3) is 11.0 Å². The van der Waals surface area contributed by atoms with Crippen molar-refractivity contribution in [2.75, 3.05) is 0 Å². The van der Waals surface area contributed by atoms with Gasteiger partial charge in [0.2, 0.25) is 5.91 Å². The van der Waals surface area contributed by atoms with Crippen LogP contribution in [0.2, 0.25) is 5.02 Å². The third-order valence-electron chi connectivity index (χ3n) is 3.60. The molecule has 1 saturated heterocycles. The Morgan fingerprint density at radius 1 is 1.55 bits per heavy atom. The van der Waals surface area contributed by atoms with Crippen LogP contribution in [0.4, 0.5) is 0 Å². The summed E-state index contributed by atoms with van der Waals surface area (Å²) >= 11 is 12.4. The third-order valence-corrected chi connectivity index (χ3v) is 4.10. The molecule has 3 rings (SSSR count). The number of hydrogen-bond donors (Lipinski definition) is 1. The third kappa shape index (κ3) is 2.38. The predicted molar refractivity (Wildman–Crippen MR) is 80.2 cm³/mol. The fraction of sp³-hybridized carbons (Fsp3) is 0.429. The molecule has 4 nitrogen and oxygen atoms in total. The van der Waals surface area contributed by atoms with Gasteiger partial charge in [-0.2, -0.15) is 0 Å². The number of rotatable bonds is 3. The summed E-state index contributed by atoms with van der Waals surface area (Å²) < 4.78 is 2.06. The molecule has 0 aliphatic carbocycles. The highest BCUT2D eigenvalue weighted by atomic mass is 35.5.